The molecule has 2 fully saturated rings. The number of nitrogens with one attached hydrogen (secondary N) is 1. The summed E-state index contributed by atoms with van der Waals surface area (Å²) >= 11 is 0. The van der Waals surface area contributed by atoms with Gasteiger partial charge in [0.25, 0.3) is 0 Å². The van der Waals surface area contributed by atoms with Crippen LogP contribution in [0.1, 0.15) is 38.1 Å². The van der Waals surface area contributed by atoms with Crippen LogP contribution >= 0.6 is 0 Å². The third kappa shape index (κ3) is 1.95. The van der Waals surface area contributed by atoms with E-state index in [1.54, 1.807) is 0 Å². The summed E-state index contributed by atoms with van der Waals surface area (Å²) in [5.41, 5.74) is 0.361. The second-order valence-corrected chi connectivity index (χ2v) is 5.72. The number of imidazole rings is 1. The fourth-order valence-corrected chi connectivity index (χ4v) is 2.71. The summed E-state index contributed by atoms with van der Waals surface area (Å²) in [6.07, 6.45) is 10.6. The molecule has 0 aromatic carbocycles. The van der Waals surface area contributed by atoms with Gasteiger partial charge in [-0.3, -0.25) is 0 Å². The molecule has 2 saturated carbocycles. The van der Waals surface area contributed by atoms with Gasteiger partial charge in [0.05, 0.1) is 0 Å². The third-order valence-corrected chi connectivity index (χ3v) is 4.42. The summed E-state index contributed by atoms with van der Waals surface area (Å²) in [7, 11) is 4.38. The molecule has 0 saturated heterocycles. The molecule has 1 heterocycles. The van der Waals surface area contributed by atoms with Crippen LogP contribution in [0.4, 0.5) is 5.95 Å². The van der Waals surface area contributed by atoms with Crippen molar-refractivity contribution < 1.29 is 0 Å². The monoisotopic (exact) mass is 234 g/mol. The standard InChI is InChI=1S/C13H22N4/c1-16(2)13(6-3-7-13)10-15-12-14-8-9-17(12)11-4-5-11/h8-9,11H,3-7,10H2,1-2H3,(H,14,15). The summed E-state index contributed by atoms with van der Waals surface area (Å²) < 4.78 is 2.29. The fourth-order valence-electron chi connectivity index (χ4n) is 2.71. The molecule has 1 N–H and O–H groups in total. The van der Waals surface area contributed by atoms with Crippen LogP contribution in [0.5, 0.6) is 0 Å². The summed E-state index contributed by atoms with van der Waals surface area (Å²) in [6.45, 7) is 1.02. The first-order valence-electron chi connectivity index (χ1n) is 6.65. The highest BCUT2D eigenvalue weighted by atomic mass is 15.3. The first kappa shape index (κ1) is 11.1. The molecule has 17 heavy (non-hydrogen) atoms. The molecule has 1 aromatic rings. The molecule has 4 nitrogen and oxygen atoms in total. The molecule has 0 unspecified atom stereocenters. The van der Waals surface area contributed by atoms with Gasteiger partial charge < -0.3 is 14.8 Å². The maximum Gasteiger partial charge on any atom is 0.203 e. The number of hydrogen-bond donors (Lipinski definition) is 1. The van der Waals surface area contributed by atoms with E-state index in [1.807, 2.05) is 6.20 Å². The van der Waals surface area contributed by atoms with Gasteiger partial charge >= 0.3 is 0 Å². The zero-order chi connectivity index (χ0) is 11.9. The van der Waals surface area contributed by atoms with Gasteiger partial charge in [0.2, 0.25) is 5.95 Å². The molecule has 3 rings (SSSR count). The smallest absolute Gasteiger partial charge is 0.203 e. The van der Waals surface area contributed by atoms with Gasteiger partial charge in [-0.25, -0.2) is 4.98 Å². The lowest BCUT2D eigenvalue weighted by Crippen LogP contribution is -2.54. The fraction of sp³-hybridized carbons (Fsp3) is 0.769. The van der Waals surface area contributed by atoms with E-state index in [4.69, 9.17) is 0 Å². The van der Waals surface area contributed by atoms with Crippen LogP contribution in [0.25, 0.3) is 0 Å². The van der Waals surface area contributed by atoms with Crippen molar-refractivity contribution in [2.75, 3.05) is 26.0 Å². The molecule has 2 aliphatic rings. The lowest BCUT2D eigenvalue weighted by atomic mass is 9.75. The minimum absolute atomic E-state index is 0.361. The van der Waals surface area contributed by atoms with Crippen molar-refractivity contribution in [2.45, 2.75) is 43.7 Å². The van der Waals surface area contributed by atoms with Gasteiger partial charge in [-0.2, -0.15) is 0 Å². The molecule has 4 heteroatoms. The summed E-state index contributed by atoms with van der Waals surface area (Å²) in [5, 5.41) is 3.55. The van der Waals surface area contributed by atoms with E-state index in [1.165, 1.54) is 32.1 Å². The Kier molecular flexibility index (Phi) is 2.62. The molecule has 0 bridgehead atoms. The number of rotatable bonds is 5. The molecule has 2 aliphatic carbocycles. The summed E-state index contributed by atoms with van der Waals surface area (Å²) in [5.74, 6) is 1.06. The number of anilines is 1. The second kappa shape index (κ2) is 4.02. The van der Waals surface area contributed by atoms with Gasteiger partial charge in [-0.05, 0) is 46.2 Å². The topological polar surface area (TPSA) is 33.1 Å². The Labute approximate surface area is 103 Å². The van der Waals surface area contributed by atoms with E-state index in [-0.39, 0.29) is 0 Å². The van der Waals surface area contributed by atoms with Crippen molar-refractivity contribution in [1.29, 1.82) is 0 Å². The molecule has 0 atom stereocenters. The number of hydrogen-bond acceptors (Lipinski definition) is 3. The number of likely N-dealkylation sites (N-methyl/N-ethyl adjacent to an activating group) is 1. The minimum atomic E-state index is 0.361. The van der Waals surface area contributed by atoms with Crippen molar-refractivity contribution in [3.63, 3.8) is 0 Å². The van der Waals surface area contributed by atoms with E-state index in [0.29, 0.717) is 11.6 Å². The van der Waals surface area contributed by atoms with Crippen LogP contribution in [0.15, 0.2) is 12.4 Å². The quantitative estimate of drug-likeness (QED) is 0.847. The van der Waals surface area contributed by atoms with Crippen LogP contribution in [0, 0.1) is 0 Å². The predicted octanol–water partition coefficient (Wildman–Crippen LogP) is 2.11. The highest BCUT2D eigenvalue weighted by Crippen LogP contribution is 2.38. The molecule has 0 radical (unpaired) electrons. The van der Waals surface area contributed by atoms with Crippen molar-refractivity contribution in [1.82, 2.24) is 14.5 Å². The Morgan fingerprint density at radius 3 is 2.76 bits per heavy atom. The first-order chi connectivity index (χ1) is 8.21. The van der Waals surface area contributed by atoms with Crippen molar-refractivity contribution in [2.24, 2.45) is 0 Å². The zero-order valence-corrected chi connectivity index (χ0v) is 10.8. The van der Waals surface area contributed by atoms with Gasteiger partial charge in [0.15, 0.2) is 0 Å². The average Bonchev–Trinajstić information content (AvgIpc) is 2.97. The van der Waals surface area contributed by atoms with Crippen LogP contribution in [0.2, 0.25) is 0 Å². The van der Waals surface area contributed by atoms with Gasteiger partial charge in [-0.1, -0.05) is 0 Å². The second-order valence-electron chi connectivity index (χ2n) is 5.72. The van der Waals surface area contributed by atoms with Crippen LogP contribution in [-0.4, -0.2) is 40.6 Å². The van der Waals surface area contributed by atoms with Crippen molar-refractivity contribution in [3.8, 4) is 0 Å². The highest BCUT2D eigenvalue weighted by Gasteiger charge is 2.39. The summed E-state index contributed by atoms with van der Waals surface area (Å²) in [4.78, 5) is 6.80. The third-order valence-electron chi connectivity index (χ3n) is 4.42. The molecule has 0 amide bonds. The van der Waals surface area contributed by atoms with Crippen LogP contribution in [-0.2, 0) is 0 Å². The molecular formula is C13H22N4. The number of aromatic nitrogens is 2. The average molecular weight is 234 g/mol. The number of nitrogens with zero attached hydrogens (tertiary/aromatic N) is 3. The zero-order valence-electron chi connectivity index (χ0n) is 10.8. The maximum absolute atomic E-state index is 4.43. The Bertz CT molecular complexity index is 388. The van der Waals surface area contributed by atoms with Crippen LogP contribution in [0.3, 0.4) is 0 Å². The van der Waals surface area contributed by atoms with E-state index >= 15 is 0 Å². The Morgan fingerprint density at radius 2 is 2.24 bits per heavy atom. The van der Waals surface area contributed by atoms with E-state index in [0.717, 1.165) is 12.5 Å². The van der Waals surface area contributed by atoms with Gasteiger partial charge in [-0.15, -0.1) is 0 Å². The highest BCUT2D eigenvalue weighted by molar-refractivity contribution is 5.29. The minimum Gasteiger partial charge on any atom is -0.354 e. The lowest BCUT2D eigenvalue weighted by molar-refractivity contribution is 0.0737. The lowest BCUT2D eigenvalue weighted by Gasteiger charge is -2.47. The Hall–Kier alpha value is -1.03. The van der Waals surface area contributed by atoms with Gasteiger partial charge in [0, 0.05) is 30.5 Å². The van der Waals surface area contributed by atoms with Gasteiger partial charge in [0.1, 0.15) is 0 Å². The largest absolute Gasteiger partial charge is 0.354 e. The molecule has 1 aromatic heterocycles. The Morgan fingerprint density at radius 1 is 1.47 bits per heavy atom. The van der Waals surface area contributed by atoms with E-state index in [2.05, 4.69) is 40.1 Å². The SMILES string of the molecule is CN(C)C1(CNc2nccn2C2CC2)CCC1. The predicted molar refractivity (Wildman–Crippen MR) is 69.3 cm³/mol. The van der Waals surface area contributed by atoms with Crippen LogP contribution < -0.4 is 5.32 Å². The Balaban J connectivity index is 1.65. The van der Waals surface area contributed by atoms with E-state index in [9.17, 15) is 0 Å². The molecule has 94 valence electrons. The normalized spacial score (nSPS) is 22.5. The van der Waals surface area contributed by atoms with E-state index < -0.39 is 0 Å². The van der Waals surface area contributed by atoms with Crippen molar-refractivity contribution in [3.05, 3.63) is 12.4 Å². The molecule has 0 spiro atoms. The molecule has 0 aliphatic heterocycles. The summed E-state index contributed by atoms with van der Waals surface area (Å²) in [6, 6.07) is 0.705. The first-order valence-corrected chi connectivity index (χ1v) is 6.65. The molecular weight excluding hydrogens is 212 g/mol. The maximum atomic E-state index is 4.43. The van der Waals surface area contributed by atoms with Crippen molar-refractivity contribution >= 4 is 5.95 Å².